The van der Waals surface area contributed by atoms with E-state index < -0.39 is 21.7 Å². The van der Waals surface area contributed by atoms with Crippen molar-refractivity contribution in [1.82, 2.24) is 9.21 Å². The molecule has 1 aliphatic rings. The zero-order valence-corrected chi connectivity index (χ0v) is 15.6. The van der Waals surface area contributed by atoms with Crippen molar-refractivity contribution < 1.29 is 22.0 Å². The van der Waals surface area contributed by atoms with Gasteiger partial charge in [-0.2, -0.15) is 4.31 Å². The van der Waals surface area contributed by atoms with Crippen LogP contribution in [0.4, 0.5) is 8.78 Å². The van der Waals surface area contributed by atoms with Crippen LogP contribution in [0.1, 0.15) is 33.6 Å². The number of rotatable bonds is 3. The number of hydrogen-bond donors (Lipinski definition) is 0. The molecule has 0 aliphatic carbocycles. The Balaban J connectivity index is 2.11. The van der Waals surface area contributed by atoms with Crippen molar-refractivity contribution in [3.05, 3.63) is 29.8 Å². The molecule has 0 saturated carbocycles. The Bertz CT molecular complexity index is 745. The van der Waals surface area contributed by atoms with Gasteiger partial charge >= 0.3 is 0 Å². The van der Waals surface area contributed by atoms with E-state index in [-0.39, 0.29) is 35.9 Å². The molecule has 1 amide bonds. The Morgan fingerprint density at radius 2 is 1.76 bits per heavy atom. The Labute approximate surface area is 147 Å². The minimum Gasteiger partial charge on any atom is -0.341 e. The first-order valence-corrected chi connectivity index (χ1v) is 9.68. The summed E-state index contributed by atoms with van der Waals surface area (Å²) in [5.74, 6) is -2.29. The average molecular weight is 374 g/mol. The maximum absolute atomic E-state index is 13.4. The Morgan fingerprint density at radius 1 is 1.08 bits per heavy atom. The third kappa shape index (κ3) is 4.98. The van der Waals surface area contributed by atoms with E-state index in [4.69, 9.17) is 0 Å². The molecule has 0 unspecified atom stereocenters. The van der Waals surface area contributed by atoms with Crippen LogP contribution in [0.5, 0.6) is 0 Å². The highest BCUT2D eigenvalue weighted by atomic mass is 32.2. The Kier molecular flexibility index (Phi) is 5.83. The van der Waals surface area contributed by atoms with Gasteiger partial charge in [0.05, 0.1) is 4.90 Å². The quantitative estimate of drug-likeness (QED) is 0.817. The van der Waals surface area contributed by atoms with Crippen LogP contribution in [0.25, 0.3) is 0 Å². The summed E-state index contributed by atoms with van der Waals surface area (Å²) in [6, 6.07) is 2.55. The highest BCUT2D eigenvalue weighted by molar-refractivity contribution is 7.89. The first-order valence-electron chi connectivity index (χ1n) is 8.24. The van der Waals surface area contributed by atoms with E-state index in [2.05, 4.69) is 0 Å². The van der Waals surface area contributed by atoms with Crippen LogP contribution < -0.4 is 0 Å². The summed E-state index contributed by atoms with van der Waals surface area (Å²) in [6.45, 7) is 7.07. The number of amides is 1. The van der Waals surface area contributed by atoms with Crippen LogP contribution in [-0.2, 0) is 14.8 Å². The van der Waals surface area contributed by atoms with Crippen LogP contribution >= 0.6 is 0 Å². The second-order valence-corrected chi connectivity index (χ2v) is 9.39. The summed E-state index contributed by atoms with van der Waals surface area (Å²) < 4.78 is 52.9. The predicted molar refractivity (Wildman–Crippen MR) is 90.4 cm³/mol. The average Bonchev–Trinajstić information content (AvgIpc) is 2.74. The number of carbonyl (C=O) groups excluding carboxylic acids is 1. The summed E-state index contributed by atoms with van der Waals surface area (Å²) in [6.07, 6.45) is 0.891. The van der Waals surface area contributed by atoms with Gasteiger partial charge in [0.2, 0.25) is 15.9 Å². The van der Waals surface area contributed by atoms with Crippen molar-refractivity contribution in [1.29, 1.82) is 0 Å². The van der Waals surface area contributed by atoms with Crippen LogP contribution in [-0.4, -0.2) is 49.7 Å². The second-order valence-electron chi connectivity index (χ2n) is 7.45. The van der Waals surface area contributed by atoms with Crippen molar-refractivity contribution in [2.45, 2.75) is 38.5 Å². The third-order valence-corrected chi connectivity index (χ3v) is 5.91. The summed E-state index contributed by atoms with van der Waals surface area (Å²) in [5.41, 5.74) is -0.138. The molecule has 1 saturated heterocycles. The van der Waals surface area contributed by atoms with Crippen molar-refractivity contribution in [3.63, 3.8) is 0 Å². The molecule has 1 aromatic rings. The molecule has 2 rings (SSSR count). The smallest absolute Gasteiger partial charge is 0.243 e. The van der Waals surface area contributed by atoms with Crippen molar-refractivity contribution in [3.8, 4) is 0 Å². The monoisotopic (exact) mass is 374 g/mol. The first kappa shape index (κ1) is 19.8. The van der Waals surface area contributed by atoms with Crippen LogP contribution in [0.3, 0.4) is 0 Å². The van der Waals surface area contributed by atoms with Gasteiger partial charge in [0, 0.05) is 32.6 Å². The molecule has 1 heterocycles. The van der Waals surface area contributed by atoms with E-state index in [1.807, 2.05) is 20.8 Å². The van der Waals surface area contributed by atoms with E-state index in [1.165, 1.54) is 4.31 Å². The van der Waals surface area contributed by atoms with Crippen molar-refractivity contribution in [2.24, 2.45) is 5.41 Å². The molecule has 1 aromatic carbocycles. The molecule has 1 fully saturated rings. The van der Waals surface area contributed by atoms with Crippen LogP contribution in [0.15, 0.2) is 23.1 Å². The van der Waals surface area contributed by atoms with Gasteiger partial charge in [-0.15, -0.1) is 0 Å². The number of carbonyl (C=O) groups is 1. The lowest BCUT2D eigenvalue weighted by Gasteiger charge is -2.25. The molecule has 0 atom stereocenters. The number of nitrogens with zero attached hydrogens (tertiary/aromatic N) is 2. The fraction of sp³-hybridized carbons (Fsp3) is 0.588. The van der Waals surface area contributed by atoms with Gasteiger partial charge < -0.3 is 4.90 Å². The molecular formula is C17H24F2N2O3S. The zero-order valence-electron chi connectivity index (χ0n) is 14.8. The minimum atomic E-state index is -3.92. The predicted octanol–water partition coefficient (Wildman–Crippen LogP) is 2.62. The molecule has 0 N–H and O–H groups in total. The summed E-state index contributed by atoms with van der Waals surface area (Å²) in [4.78, 5) is 13.7. The molecule has 140 valence electrons. The van der Waals surface area contributed by atoms with Gasteiger partial charge in [0.15, 0.2) is 11.6 Å². The van der Waals surface area contributed by atoms with Gasteiger partial charge in [0.1, 0.15) is 0 Å². The van der Waals surface area contributed by atoms with E-state index in [9.17, 15) is 22.0 Å². The van der Waals surface area contributed by atoms with E-state index in [0.717, 1.165) is 12.1 Å². The van der Waals surface area contributed by atoms with E-state index in [1.54, 1.807) is 4.90 Å². The molecule has 8 heteroatoms. The lowest BCUT2D eigenvalue weighted by molar-refractivity contribution is -0.132. The standard InChI is InChI=1S/C17H24F2N2O3S/c1-17(2,3)12-16(22)20-7-4-8-21(10-9-20)25(23,24)13-5-6-14(18)15(19)11-13/h5-6,11H,4,7-10,12H2,1-3H3. The normalized spacial score (nSPS) is 17.4. The SMILES string of the molecule is CC(C)(C)CC(=O)N1CCCN(S(=O)(=O)c2ccc(F)c(F)c2)CC1. The Hall–Kier alpha value is -1.54. The van der Waals surface area contributed by atoms with Crippen molar-refractivity contribution in [2.75, 3.05) is 26.2 Å². The van der Waals surface area contributed by atoms with Gasteiger partial charge in [-0.05, 0) is 30.0 Å². The second kappa shape index (κ2) is 7.37. The summed E-state index contributed by atoms with van der Waals surface area (Å²) >= 11 is 0. The van der Waals surface area contributed by atoms with Crippen molar-refractivity contribution >= 4 is 15.9 Å². The van der Waals surface area contributed by atoms with Gasteiger partial charge in [-0.25, -0.2) is 17.2 Å². The maximum Gasteiger partial charge on any atom is 0.243 e. The van der Waals surface area contributed by atoms with Crippen LogP contribution in [0, 0.1) is 17.0 Å². The fourth-order valence-corrected chi connectivity index (χ4v) is 4.22. The lowest BCUT2D eigenvalue weighted by atomic mass is 9.91. The van der Waals surface area contributed by atoms with Gasteiger partial charge in [0.25, 0.3) is 0 Å². The highest BCUT2D eigenvalue weighted by Crippen LogP contribution is 2.22. The topological polar surface area (TPSA) is 57.7 Å². The largest absolute Gasteiger partial charge is 0.341 e. The zero-order chi connectivity index (χ0) is 18.8. The molecule has 0 aromatic heterocycles. The lowest BCUT2D eigenvalue weighted by Crippen LogP contribution is -2.38. The Morgan fingerprint density at radius 3 is 2.36 bits per heavy atom. The minimum absolute atomic E-state index is 0.000394. The molecule has 5 nitrogen and oxygen atoms in total. The van der Waals surface area contributed by atoms with Gasteiger partial charge in [-0.1, -0.05) is 20.8 Å². The van der Waals surface area contributed by atoms with E-state index in [0.29, 0.717) is 25.5 Å². The van der Waals surface area contributed by atoms with E-state index >= 15 is 0 Å². The number of benzene rings is 1. The highest BCUT2D eigenvalue weighted by Gasteiger charge is 2.29. The fourth-order valence-electron chi connectivity index (χ4n) is 2.74. The molecule has 0 radical (unpaired) electrons. The molecule has 0 spiro atoms. The summed E-state index contributed by atoms with van der Waals surface area (Å²) in [7, 11) is -3.92. The maximum atomic E-state index is 13.4. The number of sulfonamides is 1. The molecular weight excluding hydrogens is 350 g/mol. The van der Waals surface area contributed by atoms with Gasteiger partial charge in [-0.3, -0.25) is 4.79 Å². The molecule has 25 heavy (non-hydrogen) atoms. The molecule has 0 bridgehead atoms. The number of halogens is 2. The molecule has 1 aliphatic heterocycles. The first-order chi connectivity index (χ1) is 11.5. The summed E-state index contributed by atoms with van der Waals surface area (Å²) in [5, 5.41) is 0. The third-order valence-electron chi connectivity index (χ3n) is 4.02. The number of hydrogen-bond acceptors (Lipinski definition) is 3. The van der Waals surface area contributed by atoms with Crippen LogP contribution in [0.2, 0.25) is 0 Å².